The van der Waals surface area contributed by atoms with Crippen LogP contribution in [0.3, 0.4) is 0 Å². The van der Waals surface area contributed by atoms with Gasteiger partial charge in [0.25, 0.3) is 0 Å². The minimum atomic E-state index is 0.453. The summed E-state index contributed by atoms with van der Waals surface area (Å²) in [7, 11) is 0. The average Bonchev–Trinajstić information content (AvgIpc) is 2.61. The smallest absolute Gasteiger partial charge is 0.0274 e. The zero-order valence-corrected chi connectivity index (χ0v) is 21.4. The molecule has 0 aliphatic heterocycles. The molecule has 0 aromatic heterocycles. The summed E-state index contributed by atoms with van der Waals surface area (Å²) in [6.45, 7) is 29.7. The predicted octanol–water partition coefficient (Wildman–Crippen LogP) is 9.63. The lowest BCUT2D eigenvalue weighted by atomic mass is 9.60. The molecule has 0 N–H and O–H groups in total. The fourth-order valence-corrected chi connectivity index (χ4v) is 5.24. The summed E-state index contributed by atoms with van der Waals surface area (Å²) in [5.41, 5.74) is 0.921. The molecule has 164 valence electrons. The van der Waals surface area contributed by atoms with Crippen LogP contribution in [0.1, 0.15) is 128 Å². The highest BCUT2D eigenvalue weighted by Gasteiger charge is 2.39. The van der Waals surface area contributed by atoms with Gasteiger partial charge >= 0.3 is 0 Å². The van der Waals surface area contributed by atoms with Gasteiger partial charge in [-0.05, 0) is 59.2 Å². The third kappa shape index (κ3) is 8.10. The molecule has 0 aliphatic carbocycles. The number of unbranched alkanes of at least 4 members (excludes halogenated alkanes) is 1. The van der Waals surface area contributed by atoms with Crippen molar-refractivity contribution < 1.29 is 0 Å². The second kappa shape index (κ2) is 11.9. The third-order valence-electron chi connectivity index (χ3n) is 9.06. The fourth-order valence-electron chi connectivity index (χ4n) is 5.24. The van der Waals surface area contributed by atoms with E-state index in [-0.39, 0.29) is 0 Å². The first-order valence-electron chi connectivity index (χ1n) is 12.3. The Kier molecular flexibility index (Phi) is 11.9. The first kappa shape index (κ1) is 27.0. The number of hydrogen-bond acceptors (Lipinski definition) is 0. The quantitative estimate of drug-likeness (QED) is 0.281. The summed E-state index contributed by atoms with van der Waals surface area (Å²) >= 11 is 0. The van der Waals surface area contributed by atoms with E-state index in [1.807, 2.05) is 0 Å². The van der Waals surface area contributed by atoms with E-state index < -0.39 is 0 Å². The van der Waals surface area contributed by atoms with Crippen molar-refractivity contribution in [3.05, 3.63) is 0 Å². The van der Waals surface area contributed by atoms with Gasteiger partial charge < -0.3 is 0 Å². The summed E-state index contributed by atoms with van der Waals surface area (Å²) in [5, 5.41) is 0. The third-order valence-corrected chi connectivity index (χ3v) is 9.06. The maximum absolute atomic E-state index is 2.60. The highest BCUT2D eigenvalue weighted by Crippen LogP contribution is 2.47. The fraction of sp³-hybridized carbons (Fsp3) is 1.00. The van der Waals surface area contributed by atoms with Crippen LogP contribution in [0.25, 0.3) is 0 Å². The Morgan fingerprint density at radius 1 is 0.778 bits per heavy atom. The number of rotatable bonds is 14. The van der Waals surface area contributed by atoms with Gasteiger partial charge in [0.1, 0.15) is 0 Å². The van der Waals surface area contributed by atoms with E-state index in [2.05, 4.69) is 83.1 Å². The van der Waals surface area contributed by atoms with Crippen LogP contribution in [0.4, 0.5) is 0 Å². The molecule has 0 nitrogen and oxygen atoms in total. The molecule has 0 heteroatoms. The molecule has 27 heavy (non-hydrogen) atoms. The molecule has 0 aliphatic rings. The van der Waals surface area contributed by atoms with Crippen LogP contribution in [0.15, 0.2) is 0 Å². The van der Waals surface area contributed by atoms with Gasteiger partial charge in [-0.15, -0.1) is 0 Å². The molecule has 0 spiro atoms. The summed E-state index contributed by atoms with van der Waals surface area (Å²) in [6.07, 6.45) is 9.55. The molecule has 0 rings (SSSR count). The van der Waals surface area contributed by atoms with Crippen molar-refractivity contribution in [1.82, 2.24) is 0 Å². The Morgan fingerprint density at radius 3 is 1.78 bits per heavy atom. The van der Waals surface area contributed by atoms with E-state index in [0.29, 0.717) is 10.8 Å². The Labute approximate surface area is 174 Å². The molecule has 0 heterocycles. The van der Waals surface area contributed by atoms with Gasteiger partial charge in [0.2, 0.25) is 0 Å². The molecule has 6 unspecified atom stereocenters. The molecule has 0 saturated heterocycles. The van der Waals surface area contributed by atoms with Crippen LogP contribution in [-0.2, 0) is 0 Å². The molecule has 0 saturated carbocycles. The van der Waals surface area contributed by atoms with Gasteiger partial charge in [-0.1, -0.05) is 115 Å². The van der Waals surface area contributed by atoms with E-state index in [4.69, 9.17) is 0 Å². The molecule has 6 atom stereocenters. The van der Waals surface area contributed by atoms with Crippen LogP contribution in [0.5, 0.6) is 0 Å². The maximum atomic E-state index is 2.60. The zero-order valence-electron chi connectivity index (χ0n) is 21.4. The highest BCUT2D eigenvalue weighted by molar-refractivity contribution is 4.88. The van der Waals surface area contributed by atoms with E-state index in [1.165, 1.54) is 44.9 Å². The van der Waals surface area contributed by atoms with Crippen molar-refractivity contribution in [3.63, 3.8) is 0 Å². The topological polar surface area (TPSA) is 0 Å². The molecule has 0 fully saturated rings. The molecule has 0 amide bonds. The van der Waals surface area contributed by atoms with E-state index in [1.54, 1.807) is 0 Å². The molecule has 0 aromatic carbocycles. The molecular formula is C27H56. The second-order valence-electron chi connectivity index (χ2n) is 11.6. The van der Waals surface area contributed by atoms with Gasteiger partial charge in [-0.25, -0.2) is 0 Å². The van der Waals surface area contributed by atoms with Crippen LogP contribution in [-0.4, -0.2) is 0 Å². The van der Waals surface area contributed by atoms with Crippen LogP contribution in [0, 0.1) is 46.3 Å². The molecular weight excluding hydrogens is 324 g/mol. The first-order valence-corrected chi connectivity index (χ1v) is 12.3. The minimum Gasteiger partial charge on any atom is -0.0654 e. The minimum absolute atomic E-state index is 0.453. The van der Waals surface area contributed by atoms with Crippen LogP contribution in [0.2, 0.25) is 0 Å². The normalized spacial score (nSPS) is 20.8. The number of hydrogen-bond donors (Lipinski definition) is 0. The summed E-state index contributed by atoms with van der Waals surface area (Å²) in [4.78, 5) is 0. The molecule has 0 radical (unpaired) electrons. The lowest BCUT2D eigenvalue weighted by Crippen LogP contribution is -2.37. The predicted molar refractivity (Wildman–Crippen MR) is 126 cm³/mol. The van der Waals surface area contributed by atoms with Crippen molar-refractivity contribution in [1.29, 1.82) is 0 Å². The van der Waals surface area contributed by atoms with Crippen molar-refractivity contribution in [2.24, 2.45) is 46.3 Å². The zero-order chi connectivity index (χ0) is 21.4. The molecule has 0 aromatic rings. The monoisotopic (exact) mass is 380 g/mol. The standard InChI is InChI=1S/C27H56/c1-13-15-16-22(6)24(8)25(9)27(12,20(3)4)18-17-21(5)19-26(10,11)23(7)14-2/h20-25H,13-19H2,1-12H3. The van der Waals surface area contributed by atoms with Crippen LogP contribution >= 0.6 is 0 Å². The van der Waals surface area contributed by atoms with Crippen molar-refractivity contribution >= 4 is 0 Å². The largest absolute Gasteiger partial charge is 0.0654 e. The van der Waals surface area contributed by atoms with Crippen molar-refractivity contribution in [3.8, 4) is 0 Å². The van der Waals surface area contributed by atoms with Gasteiger partial charge in [0, 0.05) is 0 Å². The SMILES string of the molecule is CCCCC(C)C(C)C(C)C(C)(CCC(C)CC(C)(C)C(C)CC)C(C)C. The van der Waals surface area contributed by atoms with E-state index >= 15 is 0 Å². The van der Waals surface area contributed by atoms with Gasteiger partial charge in [-0.2, -0.15) is 0 Å². The van der Waals surface area contributed by atoms with E-state index in [0.717, 1.165) is 35.5 Å². The highest BCUT2D eigenvalue weighted by atomic mass is 14.4. The van der Waals surface area contributed by atoms with Crippen molar-refractivity contribution in [2.45, 2.75) is 128 Å². The van der Waals surface area contributed by atoms with E-state index in [9.17, 15) is 0 Å². The summed E-state index contributed by atoms with van der Waals surface area (Å²) in [5.74, 6) is 4.85. The molecule has 0 bridgehead atoms. The van der Waals surface area contributed by atoms with Gasteiger partial charge in [0.05, 0.1) is 0 Å². The Hall–Kier alpha value is 0. The Balaban J connectivity index is 4.99. The lowest BCUT2D eigenvalue weighted by Gasteiger charge is -2.45. The Bertz CT molecular complexity index is 379. The van der Waals surface area contributed by atoms with Crippen LogP contribution < -0.4 is 0 Å². The maximum Gasteiger partial charge on any atom is -0.0274 e. The van der Waals surface area contributed by atoms with Crippen molar-refractivity contribution in [2.75, 3.05) is 0 Å². The first-order chi connectivity index (χ1) is 12.3. The Morgan fingerprint density at radius 2 is 1.33 bits per heavy atom. The second-order valence-corrected chi connectivity index (χ2v) is 11.6. The van der Waals surface area contributed by atoms with Gasteiger partial charge in [-0.3, -0.25) is 0 Å². The summed E-state index contributed by atoms with van der Waals surface area (Å²) in [6, 6.07) is 0. The average molecular weight is 381 g/mol. The lowest BCUT2D eigenvalue weighted by molar-refractivity contribution is 0.0415. The summed E-state index contributed by atoms with van der Waals surface area (Å²) < 4.78 is 0. The van der Waals surface area contributed by atoms with Gasteiger partial charge in [0.15, 0.2) is 0 Å².